The Bertz CT molecular complexity index is 1320. The highest BCUT2D eigenvalue weighted by atomic mass is 16.6. The van der Waals surface area contributed by atoms with Crippen molar-refractivity contribution in [3.63, 3.8) is 0 Å². The zero-order valence-electron chi connectivity index (χ0n) is 53.4. The van der Waals surface area contributed by atoms with Gasteiger partial charge in [0.1, 0.15) is 13.2 Å². The van der Waals surface area contributed by atoms with Gasteiger partial charge in [-0.3, -0.25) is 14.4 Å². The second kappa shape index (κ2) is 68.1. The van der Waals surface area contributed by atoms with Gasteiger partial charge in [0, 0.05) is 19.3 Å². The molecule has 0 bridgehead atoms. The number of esters is 3. The van der Waals surface area contributed by atoms with Gasteiger partial charge in [-0.05, 0) is 70.6 Å². The summed E-state index contributed by atoms with van der Waals surface area (Å²) >= 11 is 0. The van der Waals surface area contributed by atoms with E-state index in [1.54, 1.807) is 0 Å². The van der Waals surface area contributed by atoms with Crippen LogP contribution in [-0.2, 0) is 28.6 Å². The van der Waals surface area contributed by atoms with E-state index in [1.807, 2.05) is 0 Å². The van der Waals surface area contributed by atoms with Gasteiger partial charge in [0.15, 0.2) is 6.10 Å². The van der Waals surface area contributed by atoms with E-state index < -0.39 is 6.10 Å². The number of hydrogen-bond acceptors (Lipinski definition) is 6. The van der Waals surface area contributed by atoms with Crippen molar-refractivity contribution in [3.05, 3.63) is 36.5 Å². The summed E-state index contributed by atoms with van der Waals surface area (Å²) in [7, 11) is 0. The molecular weight excluding hydrogens is 973 g/mol. The number of unbranched alkanes of at least 4 members (excludes halogenated alkanes) is 49. The molecule has 0 aromatic rings. The van der Waals surface area contributed by atoms with Crippen LogP contribution in [0.4, 0.5) is 0 Å². The van der Waals surface area contributed by atoms with Crippen molar-refractivity contribution in [1.29, 1.82) is 0 Å². The highest BCUT2D eigenvalue weighted by molar-refractivity contribution is 5.71. The van der Waals surface area contributed by atoms with Gasteiger partial charge in [0.25, 0.3) is 0 Å². The van der Waals surface area contributed by atoms with Gasteiger partial charge >= 0.3 is 17.9 Å². The number of allylic oxidation sites excluding steroid dienone is 6. The Labute approximate surface area is 493 Å². The fraction of sp³-hybridized carbons (Fsp3) is 0.877. The minimum Gasteiger partial charge on any atom is -0.462 e. The summed E-state index contributed by atoms with van der Waals surface area (Å²) in [6.45, 7) is 6.63. The lowest BCUT2D eigenvalue weighted by molar-refractivity contribution is -0.167. The SMILES string of the molecule is CCCC/C=C\C/C=C\CCCCCCCC(=O)OC(COC(=O)CCCCCCC/C=C\CCCCCCC)COC(=O)CCCCCCCCCCCCCCCCCCCCCCCCCCCCCCCCCCC. The quantitative estimate of drug-likeness (QED) is 0.0261. The van der Waals surface area contributed by atoms with Gasteiger partial charge in [0.2, 0.25) is 0 Å². The fourth-order valence-corrected chi connectivity index (χ4v) is 10.8. The lowest BCUT2D eigenvalue weighted by Crippen LogP contribution is -2.30. The third-order valence-corrected chi connectivity index (χ3v) is 16.1. The third kappa shape index (κ3) is 66.3. The first-order valence-corrected chi connectivity index (χ1v) is 35.5. The molecule has 0 aliphatic rings. The van der Waals surface area contributed by atoms with E-state index in [4.69, 9.17) is 14.2 Å². The molecule has 0 amide bonds. The van der Waals surface area contributed by atoms with Gasteiger partial charge in [0.05, 0.1) is 0 Å². The summed E-state index contributed by atoms with van der Waals surface area (Å²) in [5.41, 5.74) is 0. The fourth-order valence-electron chi connectivity index (χ4n) is 10.8. The summed E-state index contributed by atoms with van der Waals surface area (Å²) < 4.78 is 16.9. The van der Waals surface area contributed by atoms with E-state index in [0.717, 1.165) is 89.9 Å². The lowest BCUT2D eigenvalue weighted by atomic mass is 10.0. The summed E-state index contributed by atoms with van der Waals surface area (Å²) in [6, 6.07) is 0. The summed E-state index contributed by atoms with van der Waals surface area (Å²) in [5, 5.41) is 0. The zero-order chi connectivity index (χ0) is 57.1. The highest BCUT2D eigenvalue weighted by Crippen LogP contribution is 2.19. The first kappa shape index (κ1) is 76.6. The maximum Gasteiger partial charge on any atom is 0.306 e. The molecule has 0 aromatic heterocycles. The lowest BCUT2D eigenvalue weighted by Gasteiger charge is -2.18. The normalized spacial score (nSPS) is 12.2. The van der Waals surface area contributed by atoms with E-state index in [9.17, 15) is 14.4 Å². The second-order valence-corrected chi connectivity index (χ2v) is 24.1. The van der Waals surface area contributed by atoms with Crippen LogP contribution in [0.2, 0.25) is 0 Å². The summed E-state index contributed by atoms with van der Waals surface area (Å²) in [5.74, 6) is -0.876. The van der Waals surface area contributed by atoms with Crippen molar-refractivity contribution in [2.45, 2.75) is 399 Å². The molecule has 0 aliphatic carbocycles. The Morgan fingerprint density at radius 1 is 0.253 bits per heavy atom. The molecule has 6 nitrogen and oxygen atoms in total. The van der Waals surface area contributed by atoms with Gasteiger partial charge in [-0.15, -0.1) is 0 Å². The van der Waals surface area contributed by atoms with Crippen molar-refractivity contribution < 1.29 is 28.6 Å². The van der Waals surface area contributed by atoms with Crippen molar-refractivity contribution in [2.75, 3.05) is 13.2 Å². The monoisotopic (exact) mass is 1110 g/mol. The average molecular weight is 1110 g/mol. The van der Waals surface area contributed by atoms with Crippen LogP contribution in [0.25, 0.3) is 0 Å². The van der Waals surface area contributed by atoms with Crippen molar-refractivity contribution in [3.8, 4) is 0 Å². The summed E-state index contributed by atoms with van der Waals surface area (Å²) in [6.07, 6.45) is 84.8. The third-order valence-electron chi connectivity index (χ3n) is 16.1. The predicted octanol–water partition coefficient (Wildman–Crippen LogP) is 24.3. The Kier molecular flexibility index (Phi) is 66.1. The number of rotatable bonds is 66. The second-order valence-electron chi connectivity index (χ2n) is 24.1. The number of ether oxygens (including phenoxy) is 3. The molecule has 464 valence electrons. The number of carbonyl (C=O) groups is 3. The smallest absolute Gasteiger partial charge is 0.306 e. The molecule has 0 heterocycles. The van der Waals surface area contributed by atoms with E-state index in [2.05, 4.69) is 57.2 Å². The molecule has 0 N–H and O–H groups in total. The minimum atomic E-state index is -0.781. The zero-order valence-corrected chi connectivity index (χ0v) is 53.4. The maximum atomic E-state index is 12.9. The van der Waals surface area contributed by atoms with Crippen LogP contribution < -0.4 is 0 Å². The molecule has 1 atom stereocenters. The van der Waals surface area contributed by atoms with Gasteiger partial charge in [-0.25, -0.2) is 0 Å². The molecule has 0 spiro atoms. The number of carbonyl (C=O) groups excluding carboxylic acids is 3. The predicted molar refractivity (Wildman–Crippen MR) is 344 cm³/mol. The molecule has 0 saturated heterocycles. The van der Waals surface area contributed by atoms with Crippen LogP contribution in [0.3, 0.4) is 0 Å². The van der Waals surface area contributed by atoms with Crippen LogP contribution in [0.15, 0.2) is 36.5 Å². The molecule has 6 heteroatoms. The molecule has 0 aromatic carbocycles. The Morgan fingerprint density at radius 3 is 0.747 bits per heavy atom. The van der Waals surface area contributed by atoms with E-state index in [-0.39, 0.29) is 31.1 Å². The molecule has 0 radical (unpaired) electrons. The first-order valence-electron chi connectivity index (χ1n) is 35.5. The van der Waals surface area contributed by atoms with Gasteiger partial charge in [-0.2, -0.15) is 0 Å². The van der Waals surface area contributed by atoms with Gasteiger partial charge in [-0.1, -0.05) is 340 Å². The minimum absolute atomic E-state index is 0.0765. The molecule has 1 unspecified atom stereocenters. The molecule has 0 saturated carbocycles. The van der Waals surface area contributed by atoms with Crippen LogP contribution in [-0.4, -0.2) is 37.2 Å². The van der Waals surface area contributed by atoms with Crippen molar-refractivity contribution >= 4 is 17.9 Å². The largest absolute Gasteiger partial charge is 0.462 e. The van der Waals surface area contributed by atoms with Crippen molar-refractivity contribution in [1.82, 2.24) is 0 Å². The van der Waals surface area contributed by atoms with Crippen LogP contribution in [0.5, 0.6) is 0 Å². The highest BCUT2D eigenvalue weighted by Gasteiger charge is 2.19. The Balaban J connectivity index is 4.07. The number of hydrogen-bond donors (Lipinski definition) is 0. The Hall–Kier alpha value is -2.37. The van der Waals surface area contributed by atoms with Crippen LogP contribution in [0, 0.1) is 0 Å². The van der Waals surface area contributed by atoms with Crippen LogP contribution in [0.1, 0.15) is 393 Å². The Morgan fingerprint density at radius 2 is 0.468 bits per heavy atom. The van der Waals surface area contributed by atoms with Crippen LogP contribution >= 0.6 is 0 Å². The summed E-state index contributed by atoms with van der Waals surface area (Å²) in [4.78, 5) is 38.3. The standard InChI is InChI=1S/C73H136O6/c1-4-7-10-13-16-19-22-25-28-29-30-31-32-33-34-35-36-37-38-39-40-41-42-43-44-45-46-49-51-54-57-60-63-66-72(75)78-69-70(79-73(76)67-64-61-58-55-52-48-27-24-21-18-15-12-9-6-3)68-77-71(74)65-62-59-56-53-50-47-26-23-20-17-14-11-8-5-2/h15,18,23-24,26-27,70H,4-14,16-17,19-22,25,28-69H2,1-3H3/b18-15-,26-23-,27-24-. The van der Waals surface area contributed by atoms with E-state index >= 15 is 0 Å². The van der Waals surface area contributed by atoms with Crippen molar-refractivity contribution in [2.24, 2.45) is 0 Å². The molecule has 0 fully saturated rings. The average Bonchev–Trinajstić information content (AvgIpc) is 3.45. The molecule has 79 heavy (non-hydrogen) atoms. The van der Waals surface area contributed by atoms with E-state index in [0.29, 0.717) is 19.3 Å². The molecular formula is C73H136O6. The maximum absolute atomic E-state index is 12.9. The first-order chi connectivity index (χ1) is 39.0. The van der Waals surface area contributed by atoms with Gasteiger partial charge < -0.3 is 14.2 Å². The molecule has 0 rings (SSSR count). The molecule has 0 aliphatic heterocycles. The van der Waals surface area contributed by atoms with E-state index in [1.165, 1.54) is 263 Å². The topological polar surface area (TPSA) is 78.9 Å².